The highest BCUT2D eigenvalue weighted by Gasteiger charge is 2.19. The zero-order valence-electron chi connectivity index (χ0n) is 7.78. The van der Waals surface area contributed by atoms with Gasteiger partial charge in [0.05, 0.1) is 11.2 Å². The molecule has 0 aliphatic heterocycles. The Morgan fingerprint density at radius 1 is 1.54 bits per heavy atom. The Morgan fingerprint density at radius 2 is 2.31 bits per heavy atom. The summed E-state index contributed by atoms with van der Waals surface area (Å²) in [6, 6.07) is 0.175. The average molecular weight is 196 g/mol. The van der Waals surface area contributed by atoms with Crippen LogP contribution in [0.1, 0.15) is 43.8 Å². The van der Waals surface area contributed by atoms with Crippen LogP contribution < -0.4 is 5.73 Å². The zero-order chi connectivity index (χ0) is 9.10. The molecule has 1 unspecified atom stereocenters. The van der Waals surface area contributed by atoms with E-state index < -0.39 is 0 Å². The fourth-order valence-corrected chi connectivity index (χ4v) is 2.75. The number of hydrogen-bond acceptors (Lipinski definition) is 3. The summed E-state index contributed by atoms with van der Waals surface area (Å²) < 4.78 is 0. The van der Waals surface area contributed by atoms with Gasteiger partial charge in [0.2, 0.25) is 0 Å². The molecule has 1 aromatic heterocycles. The first-order valence-corrected chi connectivity index (χ1v) is 5.94. The van der Waals surface area contributed by atoms with Gasteiger partial charge in [0.25, 0.3) is 0 Å². The normalized spacial score (nSPS) is 20.7. The second-order valence-electron chi connectivity index (χ2n) is 3.91. The molecule has 1 heterocycles. The molecule has 0 bridgehead atoms. The van der Waals surface area contributed by atoms with Gasteiger partial charge in [-0.25, -0.2) is 4.98 Å². The Morgan fingerprint density at radius 3 is 2.92 bits per heavy atom. The number of thiazole rings is 1. The summed E-state index contributed by atoms with van der Waals surface area (Å²) in [6.07, 6.45) is 6.67. The maximum atomic E-state index is 6.06. The van der Waals surface area contributed by atoms with Crippen molar-refractivity contribution in [3.63, 3.8) is 0 Å². The van der Waals surface area contributed by atoms with Gasteiger partial charge in [-0.05, 0) is 12.3 Å². The second kappa shape index (κ2) is 4.20. The van der Waals surface area contributed by atoms with Crippen molar-refractivity contribution < 1.29 is 0 Å². The van der Waals surface area contributed by atoms with Crippen LogP contribution in [-0.2, 0) is 0 Å². The molecule has 0 saturated heterocycles. The van der Waals surface area contributed by atoms with E-state index in [0.29, 0.717) is 0 Å². The van der Waals surface area contributed by atoms with Crippen LogP contribution in [0.25, 0.3) is 0 Å². The third-order valence-electron chi connectivity index (χ3n) is 2.89. The van der Waals surface area contributed by atoms with E-state index in [1.54, 1.807) is 11.3 Å². The maximum absolute atomic E-state index is 6.06. The van der Waals surface area contributed by atoms with Crippen molar-refractivity contribution in [3.05, 3.63) is 16.6 Å². The first kappa shape index (κ1) is 9.16. The van der Waals surface area contributed by atoms with Gasteiger partial charge in [0.15, 0.2) is 0 Å². The minimum atomic E-state index is 0.175. The van der Waals surface area contributed by atoms with Gasteiger partial charge in [-0.2, -0.15) is 0 Å². The van der Waals surface area contributed by atoms with Crippen LogP contribution in [0.3, 0.4) is 0 Å². The van der Waals surface area contributed by atoms with Crippen LogP contribution in [-0.4, -0.2) is 4.98 Å². The highest BCUT2D eigenvalue weighted by atomic mass is 32.1. The van der Waals surface area contributed by atoms with Crippen molar-refractivity contribution in [2.75, 3.05) is 0 Å². The van der Waals surface area contributed by atoms with Crippen molar-refractivity contribution >= 4 is 11.3 Å². The summed E-state index contributed by atoms with van der Waals surface area (Å²) in [4.78, 5) is 4.25. The van der Waals surface area contributed by atoms with Crippen LogP contribution in [0.15, 0.2) is 10.9 Å². The Hall–Kier alpha value is -0.410. The van der Waals surface area contributed by atoms with Gasteiger partial charge >= 0.3 is 0 Å². The summed E-state index contributed by atoms with van der Waals surface area (Å²) in [5, 5.41) is 2.07. The molecule has 1 fully saturated rings. The lowest BCUT2D eigenvalue weighted by molar-refractivity contribution is 0.446. The highest BCUT2D eigenvalue weighted by molar-refractivity contribution is 7.07. The van der Waals surface area contributed by atoms with Crippen molar-refractivity contribution in [1.29, 1.82) is 0 Å². The van der Waals surface area contributed by atoms with Crippen molar-refractivity contribution in [2.24, 2.45) is 11.7 Å². The van der Waals surface area contributed by atoms with Gasteiger partial charge in [0, 0.05) is 11.4 Å². The summed E-state index contributed by atoms with van der Waals surface area (Å²) in [7, 11) is 0. The SMILES string of the molecule is NC(CC1CCCC1)c1cscn1. The molecule has 1 atom stereocenters. The minimum absolute atomic E-state index is 0.175. The molecule has 1 aliphatic carbocycles. The van der Waals surface area contributed by atoms with Crippen LogP contribution in [0.2, 0.25) is 0 Å². The first-order valence-electron chi connectivity index (χ1n) is 5.00. The van der Waals surface area contributed by atoms with Crippen molar-refractivity contribution in [2.45, 2.75) is 38.1 Å². The number of aromatic nitrogens is 1. The lowest BCUT2D eigenvalue weighted by Crippen LogP contribution is -2.14. The number of nitrogens with zero attached hydrogens (tertiary/aromatic N) is 1. The van der Waals surface area contributed by atoms with Crippen LogP contribution in [0.4, 0.5) is 0 Å². The Labute approximate surface area is 83.2 Å². The molecule has 0 radical (unpaired) electrons. The molecule has 2 nitrogen and oxygen atoms in total. The summed E-state index contributed by atoms with van der Waals surface area (Å²) in [5.74, 6) is 0.858. The third kappa shape index (κ3) is 2.29. The van der Waals surface area contributed by atoms with Gasteiger partial charge in [-0.3, -0.25) is 0 Å². The quantitative estimate of drug-likeness (QED) is 0.807. The molecule has 13 heavy (non-hydrogen) atoms. The van der Waals surface area contributed by atoms with Gasteiger partial charge in [-0.15, -0.1) is 11.3 Å². The van der Waals surface area contributed by atoms with Crippen molar-refractivity contribution in [3.8, 4) is 0 Å². The molecule has 1 saturated carbocycles. The van der Waals surface area contributed by atoms with Crippen LogP contribution in [0.5, 0.6) is 0 Å². The maximum Gasteiger partial charge on any atom is 0.0795 e. The number of nitrogens with two attached hydrogens (primary N) is 1. The molecule has 0 spiro atoms. The smallest absolute Gasteiger partial charge is 0.0795 e. The molecule has 0 amide bonds. The van der Waals surface area contributed by atoms with E-state index in [-0.39, 0.29) is 6.04 Å². The monoisotopic (exact) mass is 196 g/mol. The topological polar surface area (TPSA) is 38.9 Å². The molecule has 2 N–H and O–H groups in total. The Kier molecular flexibility index (Phi) is 2.96. The lowest BCUT2D eigenvalue weighted by atomic mass is 9.98. The van der Waals surface area contributed by atoms with E-state index in [1.165, 1.54) is 25.7 Å². The lowest BCUT2D eigenvalue weighted by Gasteiger charge is -2.13. The van der Waals surface area contributed by atoms with E-state index in [0.717, 1.165) is 18.0 Å². The van der Waals surface area contributed by atoms with Gasteiger partial charge in [-0.1, -0.05) is 25.7 Å². The number of rotatable bonds is 3. The van der Waals surface area contributed by atoms with Gasteiger partial charge in [0.1, 0.15) is 0 Å². The molecule has 1 aliphatic rings. The van der Waals surface area contributed by atoms with Crippen molar-refractivity contribution in [1.82, 2.24) is 4.98 Å². The molecule has 1 aromatic rings. The largest absolute Gasteiger partial charge is 0.323 e. The first-order chi connectivity index (χ1) is 6.36. The number of hydrogen-bond donors (Lipinski definition) is 1. The van der Waals surface area contributed by atoms with Crippen LogP contribution in [0, 0.1) is 5.92 Å². The van der Waals surface area contributed by atoms with Gasteiger partial charge < -0.3 is 5.73 Å². The van der Waals surface area contributed by atoms with E-state index in [2.05, 4.69) is 10.4 Å². The van der Waals surface area contributed by atoms with Crippen LogP contribution >= 0.6 is 11.3 Å². The van der Waals surface area contributed by atoms with E-state index in [1.807, 2.05) is 5.51 Å². The standard InChI is InChI=1S/C10H16N2S/c11-9(10-6-13-7-12-10)5-8-3-1-2-4-8/h6-9H,1-5,11H2. The van der Waals surface area contributed by atoms with E-state index in [9.17, 15) is 0 Å². The highest BCUT2D eigenvalue weighted by Crippen LogP contribution is 2.31. The third-order valence-corrected chi connectivity index (χ3v) is 3.50. The summed E-state index contributed by atoms with van der Waals surface area (Å²) in [6.45, 7) is 0. The van der Waals surface area contributed by atoms with E-state index in [4.69, 9.17) is 5.73 Å². The molecule has 72 valence electrons. The summed E-state index contributed by atoms with van der Waals surface area (Å²) >= 11 is 1.63. The predicted molar refractivity (Wildman–Crippen MR) is 55.6 cm³/mol. The molecule has 0 aromatic carbocycles. The summed E-state index contributed by atoms with van der Waals surface area (Å²) in [5.41, 5.74) is 9.01. The van der Waals surface area contributed by atoms with E-state index >= 15 is 0 Å². The molecular formula is C10H16N2S. The Bertz CT molecular complexity index is 239. The molecule has 2 rings (SSSR count). The molecular weight excluding hydrogens is 180 g/mol. The minimum Gasteiger partial charge on any atom is -0.323 e. The predicted octanol–water partition coefficient (Wildman–Crippen LogP) is 2.72. The fourth-order valence-electron chi connectivity index (χ4n) is 2.13. The molecule has 3 heteroatoms. The fraction of sp³-hybridized carbons (Fsp3) is 0.700. The zero-order valence-corrected chi connectivity index (χ0v) is 8.59. The Balaban J connectivity index is 1.87. The average Bonchev–Trinajstić information content (AvgIpc) is 2.74. The second-order valence-corrected chi connectivity index (χ2v) is 4.62.